The van der Waals surface area contributed by atoms with Crippen LogP contribution in [0.2, 0.25) is 0 Å². The molecule has 3 amide bonds. The quantitative estimate of drug-likeness (QED) is 0.618. The molecule has 0 aromatic heterocycles. The summed E-state index contributed by atoms with van der Waals surface area (Å²) in [4.78, 5) is 34.4. The summed E-state index contributed by atoms with van der Waals surface area (Å²) in [6.07, 6.45) is 0.343. The van der Waals surface area contributed by atoms with E-state index in [1.165, 1.54) is 7.11 Å². The number of urea groups is 1. The first kappa shape index (κ1) is 20.1. The zero-order chi connectivity index (χ0) is 18.8. The minimum atomic E-state index is -1.16. The van der Waals surface area contributed by atoms with Crippen LogP contribution < -0.4 is 15.4 Å². The molecule has 0 bridgehead atoms. The summed E-state index contributed by atoms with van der Waals surface area (Å²) in [6.45, 7) is 3.24. The van der Waals surface area contributed by atoms with Gasteiger partial charge in [0.2, 0.25) is 5.91 Å². The minimum Gasteiger partial charge on any atom is -0.497 e. The van der Waals surface area contributed by atoms with Crippen molar-refractivity contribution in [1.29, 1.82) is 0 Å². The molecule has 0 saturated carbocycles. The Morgan fingerprint density at radius 2 is 1.84 bits per heavy atom. The number of nitrogens with zero attached hydrogens (tertiary/aromatic N) is 2. The van der Waals surface area contributed by atoms with Crippen LogP contribution in [-0.4, -0.2) is 42.7 Å². The van der Waals surface area contributed by atoms with Crippen molar-refractivity contribution >= 4 is 23.6 Å². The van der Waals surface area contributed by atoms with Crippen LogP contribution in [0, 0.1) is 5.92 Å². The number of azo groups is 1. The third-order valence-electron chi connectivity index (χ3n) is 3.06. The van der Waals surface area contributed by atoms with Crippen molar-refractivity contribution in [2.75, 3.05) is 13.7 Å². The van der Waals surface area contributed by atoms with Crippen LogP contribution in [0.25, 0.3) is 0 Å². The SMILES string of the molecule is COc1ccc(N=NC(=O)N[C@H](CC(C)C)C(=O)NCC(=O)O)cc1. The van der Waals surface area contributed by atoms with Crippen LogP contribution in [0.3, 0.4) is 0 Å². The number of amides is 3. The predicted octanol–water partition coefficient (Wildman–Crippen LogP) is 2.10. The van der Waals surface area contributed by atoms with E-state index >= 15 is 0 Å². The van der Waals surface area contributed by atoms with Gasteiger partial charge in [0.15, 0.2) is 0 Å². The van der Waals surface area contributed by atoms with Crippen LogP contribution >= 0.6 is 0 Å². The molecule has 9 heteroatoms. The van der Waals surface area contributed by atoms with Crippen LogP contribution in [0.4, 0.5) is 10.5 Å². The number of ether oxygens (including phenoxy) is 1. The van der Waals surface area contributed by atoms with Crippen LogP contribution in [0.15, 0.2) is 34.5 Å². The molecule has 1 aromatic carbocycles. The summed E-state index contributed by atoms with van der Waals surface area (Å²) >= 11 is 0. The van der Waals surface area contributed by atoms with Crippen molar-refractivity contribution in [3.63, 3.8) is 0 Å². The monoisotopic (exact) mass is 350 g/mol. The Morgan fingerprint density at radius 1 is 1.20 bits per heavy atom. The lowest BCUT2D eigenvalue weighted by Crippen LogP contribution is -2.47. The number of rotatable bonds is 8. The van der Waals surface area contributed by atoms with Crippen molar-refractivity contribution in [2.45, 2.75) is 26.3 Å². The Balaban J connectivity index is 2.67. The second kappa shape index (κ2) is 10.0. The molecule has 1 aromatic rings. The number of nitrogens with one attached hydrogen (secondary N) is 2. The molecule has 0 heterocycles. The first-order chi connectivity index (χ1) is 11.8. The molecule has 1 rings (SSSR count). The zero-order valence-electron chi connectivity index (χ0n) is 14.4. The van der Waals surface area contributed by atoms with E-state index in [0.29, 0.717) is 17.9 Å². The van der Waals surface area contributed by atoms with Gasteiger partial charge in [-0.05, 0) is 36.6 Å². The van der Waals surface area contributed by atoms with Gasteiger partial charge >= 0.3 is 12.0 Å². The normalized spacial score (nSPS) is 12.0. The number of hydrogen-bond acceptors (Lipinski definition) is 5. The molecule has 0 radical (unpaired) electrons. The maximum Gasteiger partial charge on any atom is 0.360 e. The fourth-order valence-corrected chi connectivity index (χ4v) is 1.92. The van der Waals surface area contributed by atoms with Gasteiger partial charge in [-0.3, -0.25) is 9.59 Å². The number of aliphatic carboxylic acids is 1. The van der Waals surface area contributed by atoms with Gasteiger partial charge in [0.1, 0.15) is 18.3 Å². The van der Waals surface area contributed by atoms with Crippen LogP contribution in [-0.2, 0) is 9.59 Å². The summed E-state index contributed by atoms with van der Waals surface area (Å²) in [7, 11) is 1.54. The van der Waals surface area contributed by atoms with Gasteiger partial charge in [-0.2, -0.15) is 0 Å². The molecular weight excluding hydrogens is 328 g/mol. The van der Waals surface area contributed by atoms with Gasteiger partial charge in [0.05, 0.1) is 12.8 Å². The van der Waals surface area contributed by atoms with Gasteiger partial charge in [-0.25, -0.2) is 4.79 Å². The first-order valence-electron chi connectivity index (χ1n) is 7.67. The summed E-state index contributed by atoms with van der Waals surface area (Å²) in [5.74, 6) is -0.985. The fraction of sp³-hybridized carbons (Fsp3) is 0.438. The van der Waals surface area contributed by atoms with E-state index in [2.05, 4.69) is 20.9 Å². The largest absolute Gasteiger partial charge is 0.497 e. The maximum atomic E-state index is 12.0. The van der Waals surface area contributed by atoms with Crippen molar-refractivity contribution in [1.82, 2.24) is 10.6 Å². The van der Waals surface area contributed by atoms with Gasteiger partial charge in [-0.1, -0.05) is 19.0 Å². The lowest BCUT2D eigenvalue weighted by molar-refractivity contribution is -0.138. The van der Waals surface area contributed by atoms with E-state index in [1.54, 1.807) is 24.3 Å². The molecule has 0 spiro atoms. The molecule has 0 aliphatic rings. The highest BCUT2D eigenvalue weighted by molar-refractivity contribution is 5.89. The van der Waals surface area contributed by atoms with Crippen molar-refractivity contribution in [2.24, 2.45) is 16.1 Å². The van der Waals surface area contributed by atoms with Crippen molar-refractivity contribution in [3.05, 3.63) is 24.3 Å². The molecule has 25 heavy (non-hydrogen) atoms. The summed E-state index contributed by atoms with van der Waals surface area (Å²) in [6, 6.07) is 4.93. The van der Waals surface area contributed by atoms with E-state index < -0.39 is 30.5 Å². The number of hydrogen-bond donors (Lipinski definition) is 3. The number of carbonyl (C=O) groups excluding carboxylic acids is 2. The third-order valence-corrected chi connectivity index (χ3v) is 3.06. The fourth-order valence-electron chi connectivity index (χ4n) is 1.92. The molecule has 136 valence electrons. The van der Waals surface area contributed by atoms with Crippen LogP contribution in [0.5, 0.6) is 5.75 Å². The lowest BCUT2D eigenvalue weighted by atomic mass is 10.0. The van der Waals surface area contributed by atoms with Crippen LogP contribution in [0.1, 0.15) is 20.3 Å². The topological polar surface area (TPSA) is 129 Å². The Hall–Kier alpha value is -2.97. The van der Waals surface area contributed by atoms with E-state index in [0.717, 1.165) is 0 Å². The molecule has 9 nitrogen and oxygen atoms in total. The third kappa shape index (κ3) is 7.91. The molecule has 0 unspecified atom stereocenters. The van der Waals surface area contributed by atoms with Gasteiger partial charge in [0.25, 0.3) is 0 Å². The lowest BCUT2D eigenvalue weighted by Gasteiger charge is -2.18. The Labute approximate surface area is 145 Å². The highest BCUT2D eigenvalue weighted by Crippen LogP contribution is 2.17. The first-order valence-corrected chi connectivity index (χ1v) is 7.67. The number of carboxylic acids is 1. The average Bonchev–Trinajstić information content (AvgIpc) is 2.57. The summed E-state index contributed by atoms with van der Waals surface area (Å²) in [5, 5.41) is 20.6. The second-order valence-corrected chi connectivity index (χ2v) is 5.64. The Kier molecular flexibility index (Phi) is 8.04. The second-order valence-electron chi connectivity index (χ2n) is 5.64. The Morgan fingerprint density at radius 3 is 2.36 bits per heavy atom. The van der Waals surface area contributed by atoms with Gasteiger partial charge in [0, 0.05) is 0 Å². The van der Waals surface area contributed by atoms with E-state index in [1.807, 2.05) is 13.8 Å². The van der Waals surface area contributed by atoms with Crippen molar-refractivity contribution < 1.29 is 24.2 Å². The van der Waals surface area contributed by atoms with Crippen molar-refractivity contribution in [3.8, 4) is 5.75 Å². The molecule has 0 aliphatic carbocycles. The smallest absolute Gasteiger partial charge is 0.360 e. The van der Waals surface area contributed by atoms with E-state index in [-0.39, 0.29) is 5.92 Å². The van der Waals surface area contributed by atoms with E-state index in [9.17, 15) is 14.4 Å². The molecular formula is C16H22N4O5. The number of carbonyl (C=O) groups is 3. The molecule has 0 fully saturated rings. The molecule has 3 N–H and O–H groups in total. The maximum absolute atomic E-state index is 12.0. The zero-order valence-corrected chi connectivity index (χ0v) is 14.4. The standard InChI is InChI=1S/C16H22N4O5/c1-10(2)8-13(15(23)17-9-14(21)22)18-16(24)20-19-11-4-6-12(25-3)7-5-11/h4-7,10,13H,8-9H2,1-3H3,(H,17,23)(H,18,24)(H,21,22)/t13-/m1/s1. The molecule has 0 saturated heterocycles. The molecule has 0 aliphatic heterocycles. The predicted molar refractivity (Wildman–Crippen MR) is 89.9 cm³/mol. The summed E-state index contributed by atoms with van der Waals surface area (Å²) < 4.78 is 5.01. The van der Waals surface area contributed by atoms with Gasteiger partial charge < -0.3 is 20.5 Å². The number of methoxy groups -OCH3 is 1. The average molecular weight is 350 g/mol. The number of benzene rings is 1. The minimum absolute atomic E-state index is 0.111. The highest BCUT2D eigenvalue weighted by Gasteiger charge is 2.22. The van der Waals surface area contributed by atoms with E-state index in [4.69, 9.17) is 9.84 Å². The molecule has 1 atom stereocenters. The summed E-state index contributed by atoms with van der Waals surface area (Å²) in [5.41, 5.74) is 0.451. The number of carboxylic acid groups (broad SMARTS) is 1. The van der Waals surface area contributed by atoms with Gasteiger partial charge in [-0.15, -0.1) is 5.11 Å². The highest BCUT2D eigenvalue weighted by atomic mass is 16.5. The Bertz CT molecular complexity index is 628.